The standard InChI is InChI=1S/C18H19NO2/c1-19-9-8-18-12-4-3-5-15(18)21-17-14(20-2)7-6-11(16(17)18)10-13(12)19/h3-7,13,15H,8-10H2,1-2H3. The van der Waals surface area contributed by atoms with Crippen LogP contribution in [0, 0.1) is 0 Å². The zero-order chi connectivity index (χ0) is 14.2. The fourth-order valence-electron chi connectivity index (χ4n) is 4.87. The maximum Gasteiger partial charge on any atom is 0.166 e. The minimum absolute atomic E-state index is 0.0589. The molecule has 0 N–H and O–H groups in total. The molecule has 1 fully saturated rings. The average molecular weight is 281 g/mol. The SMILES string of the molecule is COc1ccc2c3c1OC1C=CC=C4C(C2)N(C)CCC431. The number of likely N-dealkylation sites (N-methyl/N-ethyl adjacent to an activating group) is 1. The van der Waals surface area contributed by atoms with Crippen LogP contribution in [-0.2, 0) is 11.8 Å². The highest BCUT2D eigenvalue weighted by Gasteiger charge is 2.59. The molecule has 0 saturated carbocycles. The Bertz CT molecular complexity index is 705. The van der Waals surface area contributed by atoms with Gasteiger partial charge in [-0.05, 0) is 49.7 Å². The van der Waals surface area contributed by atoms with E-state index in [2.05, 4.69) is 42.3 Å². The Hall–Kier alpha value is -1.74. The molecule has 3 nitrogen and oxygen atoms in total. The highest BCUT2D eigenvalue weighted by molar-refractivity contribution is 5.67. The Morgan fingerprint density at radius 1 is 1.38 bits per heavy atom. The number of piperidine rings is 1. The van der Waals surface area contributed by atoms with Gasteiger partial charge in [-0.25, -0.2) is 0 Å². The molecule has 0 radical (unpaired) electrons. The van der Waals surface area contributed by atoms with Crippen molar-refractivity contribution in [2.24, 2.45) is 0 Å². The molecular weight excluding hydrogens is 262 g/mol. The van der Waals surface area contributed by atoms with E-state index in [9.17, 15) is 0 Å². The van der Waals surface area contributed by atoms with Gasteiger partial charge in [0.05, 0.1) is 12.5 Å². The number of ether oxygens (including phenoxy) is 2. The first kappa shape index (κ1) is 11.9. The van der Waals surface area contributed by atoms with Crippen molar-refractivity contribution >= 4 is 0 Å². The van der Waals surface area contributed by atoms with Gasteiger partial charge < -0.3 is 9.47 Å². The van der Waals surface area contributed by atoms with Crippen LogP contribution in [0.15, 0.2) is 35.9 Å². The summed E-state index contributed by atoms with van der Waals surface area (Å²) in [6, 6.07) is 4.82. The monoisotopic (exact) mass is 281 g/mol. The number of benzene rings is 1. The summed E-state index contributed by atoms with van der Waals surface area (Å²) in [7, 11) is 3.98. The molecule has 3 unspecified atom stereocenters. The molecule has 2 aliphatic heterocycles. The number of likely N-dealkylation sites (tertiary alicyclic amines) is 1. The van der Waals surface area contributed by atoms with Crippen molar-refractivity contribution < 1.29 is 9.47 Å². The molecule has 21 heavy (non-hydrogen) atoms. The van der Waals surface area contributed by atoms with E-state index >= 15 is 0 Å². The van der Waals surface area contributed by atoms with Crippen molar-refractivity contribution in [1.82, 2.24) is 4.90 Å². The smallest absolute Gasteiger partial charge is 0.166 e. The van der Waals surface area contributed by atoms with Crippen LogP contribution in [0.4, 0.5) is 0 Å². The van der Waals surface area contributed by atoms with Gasteiger partial charge in [0.15, 0.2) is 11.5 Å². The number of hydrogen-bond acceptors (Lipinski definition) is 3. The summed E-state index contributed by atoms with van der Waals surface area (Å²) < 4.78 is 11.9. The van der Waals surface area contributed by atoms with Crippen molar-refractivity contribution in [2.45, 2.75) is 30.4 Å². The minimum atomic E-state index is 0.0589. The van der Waals surface area contributed by atoms with Crippen molar-refractivity contribution in [3.8, 4) is 11.5 Å². The van der Waals surface area contributed by atoms with E-state index in [0.29, 0.717) is 6.04 Å². The molecule has 2 heterocycles. The number of rotatable bonds is 1. The van der Waals surface area contributed by atoms with Crippen molar-refractivity contribution in [3.63, 3.8) is 0 Å². The lowest BCUT2D eigenvalue weighted by atomic mass is 9.57. The van der Waals surface area contributed by atoms with Gasteiger partial charge in [0.1, 0.15) is 6.10 Å². The predicted octanol–water partition coefficient (Wildman–Crippen LogP) is 2.45. The largest absolute Gasteiger partial charge is 0.493 e. The summed E-state index contributed by atoms with van der Waals surface area (Å²) in [4.78, 5) is 2.50. The second-order valence-corrected chi connectivity index (χ2v) is 6.60. The van der Waals surface area contributed by atoms with Gasteiger partial charge in [-0.15, -0.1) is 0 Å². The van der Waals surface area contributed by atoms with Crippen LogP contribution < -0.4 is 9.47 Å². The fourth-order valence-corrected chi connectivity index (χ4v) is 4.87. The van der Waals surface area contributed by atoms with Crippen LogP contribution in [-0.4, -0.2) is 37.7 Å². The molecule has 2 aliphatic carbocycles. The van der Waals surface area contributed by atoms with Crippen LogP contribution >= 0.6 is 0 Å². The number of nitrogens with zero attached hydrogens (tertiary/aromatic N) is 1. The summed E-state index contributed by atoms with van der Waals surface area (Å²) >= 11 is 0. The molecule has 0 aromatic heterocycles. The summed E-state index contributed by atoms with van der Waals surface area (Å²) in [5.74, 6) is 1.86. The van der Waals surface area contributed by atoms with Crippen LogP contribution in [0.25, 0.3) is 0 Å². The topological polar surface area (TPSA) is 21.7 Å². The van der Waals surface area contributed by atoms with Crippen LogP contribution in [0.1, 0.15) is 17.5 Å². The summed E-state index contributed by atoms with van der Waals surface area (Å²) in [5, 5.41) is 0. The average Bonchev–Trinajstić information content (AvgIpc) is 2.84. The Morgan fingerprint density at radius 2 is 2.29 bits per heavy atom. The van der Waals surface area contributed by atoms with Crippen LogP contribution in [0.3, 0.4) is 0 Å². The highest BCUT2D eigenvalue weighted by atomic mass is 16.5. The molecule has 1 aromatic rings. The van der Waals surface area contributed by atoms with Crippen molar-refractivity contribution in [2.75, 3.05) is 20.7 Å². The molecule has 1 aromatic carbocycles. The quantitative estimate of drug-likeness (QED) is 0.789. The zero-order valence-electron chi connectivity index (χ0n) is 12.4. The molecule has 1 spiro atoms. The third-order valence-corrected chi connectivity index (χ3v) is 5.84. The molecule has 3 atom stereocenters. The molecule has 4 aliphatic rings. The third kappa shape index (κ3) is 1.21. The van der Waals surface area contributed by atoms with E-state index in [-0.39, 0.29) is 11.5 Å². The Labute approximate surface area is 124 Å². The molecule has 108 valence electrons. The van der Waals surface area contributed by atoms with Gasteiger partial charge in [-0.3, -0.25) is 4.90 Å². The van der Waals surface area contributed by atoms with E-state index in [1.165, 1.54) is 11.1 Å². The molecule has 5 rings (SSSR count). The highest BCUT2D eigenvalue weighted by Crippen LogP contribution is 2.61. The first-order valence-corrected chi connectivity index (χ1v) is 7.72. The lowest BCUT2D eigenvalue weighted by molar-refractivity contribution is 0.117. The number of hydrogen-bond donors (Lipinski definition) is 0. The van der Waals surface area contributed by atoms with E-state index in [1.807, 2.05) is 0 Å². The second-order valence-electron chi connectivity index (χ2n) is 6.60. The Morgan fingerprint density at radius 3 is 3.14 bits per heavy atom. The predicted molar refractivity (Wildman–Crippen MR) is 81.1 cm³/mol. The molecule has 3 heteroatoms. The van der Waals surface area contributed by atoms with Crippen LogP contribution in [0.5, 0.6) is 11.5 Å². The number of allylic oxidation sites excluding steroid dienone is 2. The summed E-state index contributed by atoms with van der Waals surface area (Å²) in [6.07, 6.45) is 9.08. The lowest BCUT2D eigenvalue weighted by Gasteiger charge is -2.52. The third-order valence-electron chi connectivity index (χ3n) is 5.84. The molecule has 2 bridgehead atoms. The normalized spacial score (nSPS) is 35.0. The first-order valence-electron chi connectivity index (χ1n) is 7.72. The Kier molecular flexibility index (Phi) is 2.10. The zero-order valence-corrected chi connectivity index (χ0v) is 12.4. The lowest BCUT2D eigenvalue weighted by Crippen LogP contribution is -2.57. The van der Waals surface area contributed by atoms with Crippen molar-refractivity contribution in [1.29, 1.82) is 0 Å². The second kappa shape index (κ2) is 3.72. The van der Waals surface area contributed by atoms with Crippen molar-refractivity contribution in [3.05, 3.63) is 47.1 Å². The van der Waals surface area contributed by atoms with Gasteiger partial charge in [0.25, 0.3) is 0 Å². The first-order chi connectivity index (χ1) is 10.3. The maximum absolute atomic E-state index is 6.36. The van der Waals surface area contributed by atoms with Gasteiger partial charge in [-0.1, -0.05) is 18.2 Å². The Balaban J connectivity index is 1.85. The van der Waals surface area contributed by atoms with E-state index in [4.69, 9.17) is 9.47 Å². The van der Waals surface area contributed by atoms with Crippen LogP contribution in [0.2, 0.25) is 0 Å². The van der Waals surface area contributed by atoms with Gasteiger partial charge >= 0.3 is 0 Å². The fraction of sp³-hybridized carbons (Fsp3) is 0.444. The van der Waals surface area contributed by atoms with E-state index < -0.39 is 0 Å². The summed E-state index contributed by atoms with van der Waals surface area (Å²) in [5.41, 5.74) is 4.45. The molecular formula is C18H19NO2. The van der Waals surface area contributed by atoms with Gasteiger partial charge in [0, 0.05) is 11.6 Å². The van der Waals surface area contributed by atoms with Gasteiger partial charge in [-0.2, -0.15) is 0 Å². The van der Waals surface area contributed by atoms with E-state index in [0.717, 1.165) is 30.9 Å². The summed E-state index contributed by atoms with van der Waals surface area (Å²) in [6.45, 7) is 1.13. The number of methoxy groups -OCH3 is 1. The maximum atomic E-state index is 6.36. The minimum Gasteiger partial charge on any atom is -0.493 e. The molecule has 1 saturated heterocycles. The van der Waals surface area contributed by atoms with Gasteiger partial charge in [0.2, 0.25) is 0 Å². The van der Waals surface area contributed by atoms with E-state index in [1.54, 1.807) is 12.7 Å². The molecule has 0 amide bonds.